The van der Waals surface area contributed by atoms with Gasteiger partial charge in [-0.25, -0.2) is 0 Å². The highest BCUT2D eigenvalue weighted by Crippen LogP contribution is 2.45. The Labute approximate surface area is 129 Å². The summed E-state index contributed by atoms with van der Waals surface area (Å²) < 4.78 is 77.6. The van der Waals surface area contributed by atoms with Gasteiger partial charge < -0.3 is 22.1 Å². The molecule has 0 radical (unpaired) electrons. The van der Waals surface area contributed by atoms with E-state index in [0.29, 0.717) is 6.07 Å². The molecule has 6 nitrogen and oxygen atoms in total. The van der Waals surface area contributed by atoms with Crippen molar-refractivity contribution in [1.29, 1.82) is 0 Å². The number of carbonyl (C=O) groups is 2. The number of hydrogen-bond acceptors (Lipinski definition) is 4. The third-order valence-electron chi connectivity index (χ3n) is 3.02. The van der Waals surface area contributed by atoms with Gasteiger partial charge in [-0.15, -0.1) is 0 Å². The number of hydrogen-bond donors (Lipinski definition) is 4. The van der Waals surface area contributed by atoms with Crippen molar-refractivity contribution in [3.05, 3.63) is 34.7 Å². The van der Waals surface area contributed by atoms with E-state index in [2.05, 4.69) is 0 Å². The van der Waals surface area contributed by atoms with Gasteiger partial charge in [-0.2, -0.15) is 26.3 Å². The molecular formula is C12H8F6N4O2. The van der Waals surface area contributed by atoms with Crippen LogP contribution >= 0.6 is 0 Å². The van der Waals surface area contributed by atoms with Crippen LogP contribution in [0.5, 0.6) is 0 Å². The van der Waals surface area contributed by atoms with Crippen molar-refractivity contribution < 1.29 is 35.9 Å². The van der Waals surface area contributed by atoms with E-state index in [9.17, 15) is 35.9 Å². The Balaban J connectivity index is 2.74. The highest BCUT2D eigenvalue weighted by atomic mass is 19.4. The van der Waals surface area contributed by atoms with Crippen molar-refractivity contribution in [3.8, 4) is 0 Å². The maximum atomic E-state index is 13.1. The zero-order valence-corrected chi connectivity index (χ0v) is 11.4. The highest BCUT2D eigenvalue weighted by Gasteiger charge is 2.41. The molecule has 0 aliphatic carbocycles. The lowest BCUT2D eigenvalue weighted by atomic mass is 10.0. The average Bonchev–Trinajstić information content (AvgIpc) is 2.42. The van der Waals surface area contributed by atoms with Crippen molar-refractivity contribution >= 4 is 23.2 Å². The largest absolute Gasteiger partial charge is 0.418 e. The number of anilines is 2. The molecule has 1 aliphatic heterocycles. The van der Waals surface area contributed by atoms with Crippen LogP contribution in [0.4, 0.5) is 37.7 Å². The minimum absolute atomic E-state index is 0.124. The predicted molar refractivity (Wildman–Crippen MR) is 69.1 cm³/mol. The van der Waals surface area contributed by atoms with Gasteiger partial charge >= 0.3 is 12.4 Å². The molecule has 2 amide bonds. The molecule has 0 fully saturated rings. The first-order chi connectivity index (χ1) is 10.8. The zero-order valence-electron chi connectivity index (χ0n) is 11.4. The van der Waals surface area contributed by atoms with Crippen molar-refractivity contribution in [2.75, 3.05) is 10.6 Å². The van der Waals surface area contributed by atoms with Gasteiger partial charge in [0, 0.05) is 0 Å². The van der Waals surface area contributed by atoms with Gasteiger partial charge in [-0.3, -0.25) is 9.59 Å². The molecule has 12 heteroatoms. The summed E-state index contributed by atoms with van der Waals surface area (Å²) in [5.74, 6) is -2.62. The summed E-state index contributed by atoms with van der Waals surface area (Å²) in [5.41, 5.74) is 3.45. The van der Waals surface area contributed by atoms with Gasteiger partial charge in [-0.05, 0) is 12.1 Å². The Hall–Kier alpha value is -2.92. The maximum absolute atomic E-state index is 13.1. The van der Waals surface area contributed by atoms with Crippen molar-refractivity contribution in [2.24, 2.45) is 11.5 Å². The molecule has 2 rings (SSSR count). The van der Waals surface area contributed by atoms with Crippen LogP contribution in [0, 0.1) is 0 Å². The lowest BCUT2D eigenvalue weighted by molar-refractivity contribution is -0.142. The van der Waals surface area contributed by atoms with Crippen LogP contribution < -0.4 is 22.1 Å². The lowest BCUT2D eigenvalue weighted by Gasteiger charge is -2.27. The van der Waals surface area contributed by atoms with Crippen molar-refractivity contribution in [2.45, 2.75) is 12.4 Å². The Morgan fingerprint density at radius 3 is 1.75 bits per heavy atom. The molecule has 1 aromatic carbocycles. The third kappa shape index (κ3) is 3.07. The standard InChI is InChI=1S/C12H8F6N4O2/c13-11(14,15)3-1-4(12(16,17)18)6-5(2-3)21-7(9(19)23)8(22-6)10(20)24/h1-2,21-22H,(H2,19,23)(H2,20,24). The first-order valence-electron chi connectivity index (χ1n) is 6.02. The van der Waals surface area contributed by atoms with E-state index in [1.54, 1.807) is 0 Å². The second-order valence-electron chi connectivity index (χ2n) is 4.67. The molecule has 1 aliphatic rings. The summed E-state index contributed by atoms with van der Waals surface area (Å²) in [7, 11) is 0. The van der Waals surface area contributed by atoms with Crippen LogP contribution in [0.25, 0.3) is 0 Å². The first-order valence-corrected chi connectivity index (χ1v) is 6.02. The number of nitrogens with one attached hydrogen (secondary N) is 2. The smallest absolute Gasteiger partial charge is 0.364 e. The van der Waals surface area contributed by atoms with Crippen LogP contribution in [0.15, 0.2) is 23.5 Å². The predicted octanol–water partition coefficient (Wildman–Crippen LogP) is 1.74. The van der Waals surface area contributed by atoms with Crippen molar-refractivity contribution in [1.82, 2.24) is 0 Å². The molecule has 0 saturated heterocycles. The number of amides is 2. The highest BCUT2D eigenvalue weighted by molar-refractivity contribution is 6.10. The molecule has 0 bridgehead atoms. The van der Waals surface area contributed by atoms with Gasteiger partial charge in [0.25, 0.3) is 11.8 Å². The SMILES string of the molecule is NC(=O)C1=C(C(N)=O)Nc2c(cc(C(F)(F)F)cc2C(F)(F)F)N1. The van der Waals surface area contributed by atoms with Crippen LogP contribution in [0.2, 0.25) is 0 Å². The number of alkyl halides is 6. The molecule has 130 valence electrons. The summed E-state index contributed by atoms with van der Waals surface area (Å²) >= 11 is 0. The van der Waals surface area contributed by atoms with E-state index in [1.807, 2.05) is 10.6 Å². The topological polar surface area (TPSA) is 110 Å². The van der Waals surface area contributed by atoms with Crippen LogP contribution in [0.1, 0.15) is 11.1 Å². The Morgan fingerprint density at radius 1 is 0.833 bits per heavy atom. The Bertz CT molecular complexity index is 766. The second kappa shape index (κ2) is 5.32. The Kier molecular flexibility index (Phi) is 3.86. The quantitative estimate of drug-likeness (QED) is 0.607. The van der Waals surface area contributed by atoms with Crippen LogP contribution in [-0.4, -0.2) is 11.8 Å². The second-order valence-corrected chi connectivity index (χ2v) is 4.67. The number of carbonyl (C=O) groups excluding carboxylic acids is 2. The summed E-state index contributed by atoms with van der Waals surface area (Å²) in [6.45, 7) is 0. The molecule has 1 heterocycles. The molecule has 0 saturated carbocycles. The molecule has 24 heavy (non-hydrogen) atoms. The third-order valence-corrected chi connectivity index (χ3v) is 3.02. The van der Waals surface area contributed by atoms with Gasteiger partial charge in [0.2, 0.25) is 0 Å². The summed E-state index contributed by atoms with van der Waals surface area (Å²) in [4.78, 5) is 22.5. The summed E-state index contributed by atoms with van der Waals surface area (Å²) in [6.07, 6.45) is -10.2. The minimum Gasteiger partial charge on any atom is -0.364 e. The number of benzene rings is 1. The lowest BCUT2D eigenvalue weighted by Crippen LogP contribution is -2.34. The Morgan fingerprint density at radius 2 is 1.33 bits per heavy atom. The van der Waals surface area contributed by atoms with E-state index in [-0.39, 0.29) is 6.07 Å². The number of primary amides is 2. The fourth-order valence-electron chi connectivity index (χ4n) is 2.02. The molecular weight excluding hydrogens is 346 g/mol. The van der Waals surface area contributed by atoms with Gasteiger partial charge in [-0.1, -0.05) is 0 Å². The average molecular weight is 354 g/mol. The maximum Gasteiger partial charge on any atom is 0.418 e. The van der Waals surface area contributed by atoms with E-state index in [0.717, 1.165) is 0 Å². The fraction of sp³-hybridized carbons (Fsp3) is 0.167. The van der Waals surface area contributed by atoms with Crippen LogP contribution in [0.3, 0.4) is 0 Å². The van der Waals surface area contributed by atoms with E-state index in [4.69, 9.17) is 11.5 Å². The number of rotatable bonds is 2. The molecule has 0 aromatic heterocycles. The number of halogens is 6. The van der Waals surface area contributed by atoms with E-state index >= 15 is 0 Å². The van der Waals surface area contributed by atoms with E-state index in [1.165, 1.54) is 0 Å². The molecule has 6 N–H and O–H groups in total. The monoisotopic (exact) mass is 354 g/mol. The summed E-state index contributed by atoms with van der Waals surface area (Å²) in [6, 6.07) is 0.222. The van der Waals surface area contributed by atoms with Gasteiger partial charge in [0.15, 0.2) is 0 Å². The number of fused-ring (bicyclic) bond motifs is 1. The van der Waals surface area contributed by atoms with Crippen molar-refractivity contribution in [3.63, 3.8) is 0 Å². The van der Waals surface area contributed by atoms with Crippen LogP contribution in [-0.2, 0) is 21.9 Å². The minimum atomic E-state index is -5.17. The molecule has 0 atom stereocenters. The summed E-state index contributed by atoms with van der Waals surface area (Å²) in [5, 5.41) is 3.93. The zero-order chi connectivity index (χ0) is 18.4. The molecule has 1 aromatic rings. The molecule has 0 spiro atoms. The first kappa shape index (κ1) is 17.4. The normalized spacial score (nSPS) is 14.6. The van der Waals surface area contributed by atoms with E-state index < -0.39 is 58.1 Å². The fourth-order valence-corrected chi connectivity index (χ4v) is 2.02. The molecule has 0 unspecified atom stereocenters. The number of nitrogens with two attached hydrogens (primary N) is 2. The van der Waals surface area contributed by atoms with Gasteiger partial charge in [0.05, 0.1) is 22.5 Å². The van der Waals surface area contributed by atoms with Gasteiger partial charge in [0.1, 0.15) is 11.4 Å².